The molecule has 5 heteroatoms. The molecule has 2 amide bonds. The molecule has 0 aromatic rings. The topological polar surface area (TPSA) is 69.6 Å². The molecule has 2 N–H and O–H groups in total. The second-order valence-corrected chi connectivity index (χ2v) is 6.48. The third-order valence-electron chi connectivity index (χ3n) is 4.95. The number of rotatable bonds is 5. The van der Waals surface area contributed by atoms with E-state index in [9.17, 15) is 14.7 Å². The maximum Gasteiger partial charge on any atom is 0.317 e. The first-order valence-corrected chi connectivity index (χ1v) is 7.76. The second-order valence-electron chi connectivity index (χ2n) is 6.48. The summed E-state index contributed by atoms with van der Waals surface area (Å²) < 4.78 is 0. The zero-order chi connectivity index (χ0) is 14.6. The second kappa shape index (κ2) is 6.46. The zero-order valence-electron chi connectivity index (χ0n) is 12.4. The fraction of sp³-hybridized carbons (Fsp3) is 0.867. The van der Waals surface area contributed by atoms with Gasteiger partial charge in [0.2, 0.25) is 0 Å². The molecular formula is C15H26N2O3. The van der Waals surface area contributed by atoms with Crippen LogP contribution >= 0.6 is 0 Å². The molecule has 2 rings (SSSR count). The van der Waals surface area contributed by atoms with Crippen molar-refractivity contribution in [3.8, 4) is 0 Å². The average Bonchev–Trinajstić information content (AvgIpc) is 3.07. The SMILES string of the molecule is CN(CC1CCCC1)C(=O)NCC1(C(=O)O)CCCC1. The van der Waals surface area contributed by atoms with Crippen LogP contribution in [0.3, 0.4) is 0 Å². The largest absolute Gasteiger partial charge is 0.481 e. The maximum absolute atomic E-state index is 12.1. The summed E-state index contributed by atoms with van der Waals surface area (Å²) in [7, 11) is 1.80. The fourth-order valence-electron chi connectivity index (χ4n) is 3.56. The molecular weight excluding hydrogens is 256 g/mol. The number of urea groups is 1. The van der Waals surface area contributed by atoms with Crippen LogP contribution in [-0.2, 0) is 4.79 Å². The van der Waals surface area contributed by atoms with Crippen LogP contribution in [0.1, 0.15) is 51.4 Å². The molecule has 20 heavy (non-hydrogen) atoms. The smallest absolute Gasteiger partial charge is 0.317 e. The van der Waals surface area contributed by atoms with Crippen LogP contribution in [0, 0.1) is 11.3 Å². The number of carbonyl (C=O) groups is 2. The van der Waals surface area contributed by atoms with E-state index in [0.717, 1.165) is 19.4 Å². The van der Waals surface area contributed by atoms with E-state index >= 15 is 0 Å². The number of nitrogens with one attached hydrogen (secondary N) is 1. The van der Waals surface area contributed by atoms with E-state index in [1.807, 2.05) is 0 Å². The minimum Gasteiger partial charge on any atom is -0.481 e. The van der Waals surface area contributed by atoms with Crippen molar-refractivity contribution < 1.29 is 14.7 Å². The Kier molecular flexibility index (Phi) is 4.89. The number of hydrogen-bond donors (Lipinski definition) is 2. The lowest BCUT2D eigenvalue weighted by Gasteiger charge is -2.27. The van der Waals surface area contributed by atoms with Crippen LogP contribution in [0.25, 0.3) is 0 Å². The van der Waals surface area contributed by atoms with Gasteiger partial charge >= 0.3 is 12.0 Å². The van der Waals surface area contributed by atoms with Gasteiger partial charge < -0.3 is 15.3 Å². The third kappa shape index (κ3) is 3.44. The summed E-state index contributed by atoms with van der Waals surface area (Å²) in [6.07, 6.45) is 8.18. The molecule has 0 radical (unpaired) electrons. The molecule has 5 nitrogen and oxygen atoms in total. The molecule has 0 unspecified atom stereocenters. The summed E-state index contributed by atoms with van der Waals surface area (Å²) in [6.45, 7) is 1.04. The first-order valence-electron chi connectivity index (χ1n) is 7.76. The molecule has 0 atom stereocenters. The van der Waals surface area contributed by atoms with Crippen LogP contribution in [-0.4, -0.2) is 42.1 Å². The van der Waals surface area contributed by atoms with Crippen molar-refractivity contribution in [2.24, 2.45) is 11.3 Å². The monoisotopic (exact) mass is 282 g/mol. The van der Waals surface area contributed by atoms with Crippen molar-refractivity contribution in [1.29, 1.82) is 0 Å². The molecule has 114 valence electrons. The minimum atomic E-state index is -0.770. The van der Waals surface area contributed by atoms with Crippen LogP contribution in [0.15, 0.2) is 0 Å². The summed E-state index contributed by atoms with van der Waals surface area (Å²) in [5, 5.41) is 12.2. The van der Waals surface area contributed by atoms with E-state index < -0.39 is 11.4 Å². The fourth-order valence-corrected chi connectivity index (χ4v) is 3.56. The van der Waals surface area contributed by atoms with Crippen LogP contribution in [0.4, 0.5) is 4.79 Å². The Morgan fingerprint density at radius 3 is 2.35 bits per heavy atom. The predicted molar refractivity (Wildman–Crippen MR) is 76.5 cm³/mol. The van der Waals surface area contributed by atoms with Gasteiger partial charge in [-0.15, -0.1) is 0 Å². The van der Waals surface area contributed by atoms with Gasteiger partial charge in [0, 0.05) is 20.1 Å². The van der Waals surface area contributed by atoms with E-state index in [0.29, 0.717) is 18.8 Å². The highest BCUT2D eigenvalue weighted by Gasteiger charge is 2.41. The molecule has 0 heterocycles. The Labute approximate surface area is 120 Å². The van der Waals surface area contributed by atoms with Gasteiger partial charge in [0.05, 0.1) is 5.41 Å². The van der Waals surface area contributed by atoms with Crippen molar-refractivity contribution >= 4 is 12.0 Å². The third-order valence-corrected chi connectivity index (χ3v) is 4.95. The van der Waals surface area contributed by atoms with Crippen LogP contribution in [0.5, 0.6) is 0 Å². The molecule has 0 spiro atoms. The lowest BCUT2D eigenvalue weighted by atomic mass is 9.86. The van der Waals surface area contributed by atoms with E-state index in [-0.39, 0.29) is 12.6 Å². The van der Waals surface area contributed by atoms with Gasteiger partial charge in [0.15, 0.2) is 0 Å². The van der Waals surface area contributed by atoms with E-state index in [4.69, 9.17) is 0 Å². The number of amides is 2. The van der Waals surface area contributed by atoms with Gasteiger partial charge in [0.1, 0.15) is 0 Å². The van der Waals surface area contributed by atoms with Crippen molar-refractivity contribution in [2.45, 2.75) is 51.4 Å². The summed E-state index contributed by atoms with van der Waals surface area (Å²) in [4.78, 5) is 25.2. The molecule has 0 bridgehead atoms. The van der Waals surface area contributed by atoms with Crippen molar-refractivity contribution in [3.63, 3.8) is 0 Å². The first kappa shape index (κ1) is 15.1. The predicted octanol–water partition coefficient (Wildman–Crippen LogP) is 2.46. The van der Waals surface area contributed by atoms with E-state index in [1.165, 1.54) is 25.7 Å². The molecule has 2 saturated carbocycles. The molecule has 2 fully saturated rings. The normalized spacial score (nSPS) is 21.9. The van der Waals surface area contributed by atoms with Crippen LogP contribution in [0.2, 0.25) is 0 Å². The molecule has 2 aliphatic rings. The lowest BCUT2D eigenvalue weighted by Crippen LogP contribution is -2.46. The zero-order valence-corrected chi connectivity index (χ0v) is 12.4. The highest BCUT2D eigenvalue weighted by molar-refractivity contribution is 5.78. The Morgan fingerprint density at radius 1 is 1.20 bits per heavy atom. The standard InChI is InChI=1S/C15H26N2O3/c1-17(10-12-6-2-3-7-12)14(20)16-11-15(13(18)19)8-4-5-9-15/h12H,2-11H2,1H3,(H,16,20)(H,18,19). The summed E-state index contributed by atoms with van der Waals surface area (Å²) in [5.74, 6) is -0.153. The van der Waals surface area contributed by atoms with Gasteiger partial charge in [0.25, 0.3) is 0 Å². The van der Waals surface area contributed by atoms with Crippen molar-refractivity contribution in [1.82, 2.24) is 10.2 Å². The number of carboxylic acid groups (broad SMARTS) is 1. The van der Waals surface area contributed by atoms with Gasteiger partial charge in [-0.2, -0.15) is 0 Å². The molecule has 0 aromatic carbocycles. The number of nitrogens with zero attached hydrogens (tertiary/aromatic N) is 1. The van der Waals surface area contributed by atoms with Gasteiger partial charge in [-0.3, -0.25) is 4.79 Å². The summed E-state index contributed by atoms with van der Waals surface area (Å²) in [5.41, 5.74) is -0.732. The average molecular weight is 282 g/mol. The van der Waals surface area contributed by atoms with Gasteiger partial charge in [-0.1, -0.05) is 25.7 Å². The first-order chi connectivity index (χ1) is 9.53. The van der Waals surface area contributed by atoms with E-state index in [1.54, 1.807) is 11.9 Å². The summed E-state index contributed by atoms with van der Waals surface area (Å²) in [6, 6.07) is -0.135. The minimum absolute atomic E-state index is 0.135. The number of carbonyl (C=O) groups excluding carboxylic acids is 1. The summed E-state index contributed by atoms with van der Waals surface area (Å²) >= 11 is 0. The number of aliphatic carboxylic acids is 1. The molecule has 0 aliphatic heterocycles. The molecule has 0 saturated heterocycles. The Hall–Kier alpha value is -1.26. The quantitative estimate of drug-likeness (QED) is 0.814. The van der Waals surface area contributed by atoms with E-state index in [2.05, 4.69) is 5.32 Å². The maximum atomic E-state index is 12.1. The van der Waals surface area contributed by atoms with Gasteiger partial charge in [-0.05, 0) is 31.6 Å². The van der Waals surface area contributed by atoms with Crippen molar-refractivity contribution in [3.05, 3.63) is 0 Å². The van der Waals surface area contributed by atoms with Gasteiger partial charge in [-0.25, -0.2) is 4.79 Å². The Balaban J connectivity index is 1.79. The Morgan fingerprint density at radius 2 is 1.80 bits per heavy atom. The highest BCUT2D eigenvalue weighted by atomic mass is 16.4. The molecule has 0 aromatic heterocycles. The van der Waals surface area contributed by atoms with Crippen molar-refractivity contribution in [2.75, 3.05) is 20.1 Å². The highest BCUT2D eigenvalue weighted by Crippen LogP contribution is 2.37. The molecule has 2 aliphatic carbocycles. The Bertz CT molecular complexity index is 358. The van der Waals surface area contributed by atoms with Crippen LogP contribution < -0.4 is 5.32 Å². The lowest BCUT2D eigenvalue weighted by molar-refractivity contribution is -0.148. The number of carboxylic acids is 1. The number of hydrogen-bond acceptors (Lipinski definition) is 2.